The van der Waals surface area contributed by atoms with Gasteiger partial charge < -0.3 is 9.80 Å². The largest absolute Gasteiger partial charge is 0.322 e. The first-order chi connectivity index (χ1) is 11.5. The number of likely N-dealkylation sites (tertiary alicyclic amines) is 1. The number of amides is 3. The molecule has 3 aliphatic heterocycles. The fraction of sp³-hybridized carbons (Fsp3) is 0.500. The molecular weight excluding hydrogens is 306 g/mol. The molecule has 0 radical (unpaired) electrons. The number of rotatable bonds is 2. The predicted molar refractivity (Wildman–Crippen MR) is 87.3 cm³/mol. The minimum atomic E-state index is -0.540. The smallest absolute Gasteiger partial charge is 0.255 e. The monoisotopic (exact) mass is 327 g/mol. The number of nitrogens with one attached hydrogen (secondary N) is 1. The Morgan fingerprint density at radius 2 is 2.00 bits per heavy atom. The van der Waals surface area contributed by atoms with Gasteiger partial charge in [0.1, 0.15) is 6.04 Å². The Morgan fingerprint density at radius 3 is 2.71 bits per heavy atom. The minimum Gasteiger partial charge on any atom is -0.322 e. The van der Waals surface area contributed by atoms with Gasteiger partial charge in [-0.1, -0.05) is 12.1 Å². The van der Waals surface area contributed by atoms with Gasteiger partial charge >= 0.3 is 0 Å². The van der Waals surface area contributed by atoms with Crippen molar-refractivity contribution in [2.75, 3.05) is 20.1 Å². The highest BCUT2D eigenvalue weighted by atomic mass is 16.2. The molecule has 1 aromatic rings. The molecule has 6 nitrogen and oxygen atoms in total. The van der Waals surface area contributed by atoms with Crippen molar-refractivity contribution < 1.29 is 14.4 Å². The molecule has 24 heavy (non-hydrogen) atoms. The third-order valence-electron chi connectivity index (χ3n) is 5.45. The molecule has 0 bridgehead atoms. The van der Waals surface area contributed by atoms with Gasteiger partial charge in [-0.05, 0) is 49.5 Å². The van der Waals surface area contributed by atoms with Crippen molar-refractivity contribution in [2.24, 2.45) is 0 Å². The van der Waals surface area contributed by atoms with Crippen molar-refractivity contribution in [3.8, 4) is 0 Å². The summed E-state index contributed by atoms with van der Waals surface area (Å²) in [4.78, 5) is 40.2. The van der Waals surface area contributed by atoms with Crippen LogP contribution in [0.25, 0.3) is 0 Å². The molecule has 0 aromatic heterocycles. The van der Waals surface area contributed by atoms with E-state index in [1.165, 1.54) is 5.56 Å². The van der Waals surface area contributed by atoms with Crippen LogP contribution in [0.2, 0.25) is 0 Å². The molecule has 3 amide bonds. The van der Waals surface area contributed by atoms with Gasteiger partial charge in [0.2, 0.25) is 11.8 Å². The molecule has 126 valence electrons. The van der Waals surface area contributed by atoms with E-state index in [1.807, 2.05) is 12.1 Å². The SMILES string of the molecule is CN1CCC(c2cccc3c2CN(C2CCC(=O)NC2=O)C3=O)C1. The lowest BCUT2D eigenvalue weighted by Crippen LogP contribution is -2.52. The Balaban J connectivity index is 1.63. The van der Waals surface area contributed by atoms with Crippen LogP contribution >= 0.6 is 0 Å². The molecule has 6 heteroatoms. The predicted octanol–water partition coefficient (Wildman–Crippen LogP) is 0.867. The van der Waals surface area contributed by atoms with Gasteiger partial charge in [-0.25, -0.2) is 0 Å². The summed E-state index contributed by atoms with van der Waals surface area (Å²) in [6.45, 7) is 2.54. The number of carbonyl (C=O) groups is 3. The van der Waals surface area contributed by atoms with Crippen LogP contribution in [-0.2, 0) is 16.1 Å². The van der Waals surface area contributed by atoms with E-state index in [1.54, 1.807) is 4.90 Å². The maximum atomic E-state index is 12.8. The summed E-state index contributed by atoms with van der Waals surface area (Å²) in [5, 5.41) is 2.35. The summed E-state index contributed by atoms with van der Waals surface area (Å²) in [5.74, 6) is -0.253. The van der Waals surface area contributed by atoms with Gasteiger partial charge in [0.15, 0.2) is 0 Å². The first-order valence-electron chi connectivity index (χ1n) is 8.49. The van der Waals surface area contributed by atoms with Gasteiger partial charge in [0, 0.05) is 25.1 Å². The van der Waals surface area contributed by atoms with Crippen LogP contribution < -0.4 is 5.32 Å². The fourth-order valence-corrected chi connectivity index (χ4v) is 4.18. The van der Waals surface area contributed by atoms with E-state index in [4.69, 9.17) is 0 Å². The number of imide groups is 1. The second-order valence-electron chi connectivity index (χ2n) is 7.02. The Kier molecular flexibility index (Phi) is 3.64. The Morgan fingerprint density at radius 1 is 1.17 bits per heavy atom. The molecule has 0 spiro atoms. The fourth-order valence-electron chi connectivity index (χ4n) is 4.18. The van der Waals surface area contributed by atoms with Gasteiger partial charge in [-0.15, -0.1) is 0 Å². The van der Waals surface area contributed by atoms with E-state index < -0.39 is 6.04 Å². The zero-order valence-corrected chi connectivity index (χ0v) is 13.7. The number of hydrogen-bond donors (Lipinski definition) is 1. The molecule has 1 aromatic carbocycles. The van der Waals surface area contributed by atoms with Crippen molar-refractivity contribution in [2.45, 2.75) is 37.8 Å². The average molecular weight is 327 g/mol. The van der Waals surface area contributed by atoms with E-state index in [0.717, 1.165) is 25.1 Å². The van der Waals surface area contributed by atoms with Gasteiger partial charge in [-0.3, -0.25) is 19.7 Å². The van der Waals surface area contributed by atoms with Crippen LogP contribution in [0.5, 0.6) is 0 Å². The molecule has 4 rings (SSSR count). The summed E-state index contributed by atoms with van der Waals surface area (Å²) in [6, 6.07) is 5.37. The van der Waals surface area contributed by atoms with Crippen LogP contribution in [-0.4, -0.2) is 53.7 Å². The third kappa shape index (κ3) is 2.41. The molecule has 2 fully saturated rings. The highest BCUT2D eigenvalue weighted by molar-refractivity contribution is 6.05. The van der Waals surface area contributed by atoms with Crippen molar-refractivity contribution in [1.82, 2.24) is 15.1 Å². The quantitative estimate of drug-likeness (QED) is 0.818. The van der Waals surface area contributed by atoms with E-state index >= 15 is 0 Å². The summed E-state index contributed by atoms with van der Waals surface area (Å²) in [7, 11) is 2.12. The summed E-state index contributed by atoms with van der Waals surface area (Å²) in [6.07, 6.45) is 1.79. The number of hydrogen-bond acceptors (Lipinski definition) is 4. The first kappa shape index (κ1) is 15.3. The zero-order chi connectivity index (χ0) is 16.8. The van der Waals surface area contributed by atoms with Crippen LogP contribution in [0.15, 0.2) is 18.2 Å². The first-order valence-corrected chi connectivity index (χ1v) is 8.49. The van der Waals surface area contributed by atoms with E-state index in [0.29, 0.717) is 24.4 Å². The average Bonchev–Trinajstić information content (AvgIpc) is 3.12. The highest BCUT2D eigenvalue weighted by Crippen LogP contribution is 2.36. The number of nitrogens with zero attached hydrogens (tertiary/aromatic N) is 2. The molecule has 3 heterocycles. The van der Waals surface area contributed by atoms with Gasteiger partial charge in [0.25, 0.3) is 5.91 Å². The highest BCUT2D eigenvalue weighted by Gasteiger charge is 2.40. The van der Waals surface area contributed by atoms with Crippen LogP contribution in [0, 0.1) is 0 Å². The number of piperidine rings is 1. The lowest BCUT2D eigenvalue weighted by Gasteiger charge is -2.29. The lowest BCUT2D eigenvalue weighted by atomic mass is 9.91. The van der Waals surface area contributed by atoms with Crippen LogP contribution in [0.4, 0.5) is 0 Å². The lowest BCUT2D eigenvalue weighted by molar-refractivity contribution is -0.136. The molecule has 0 saturated carbocycles. The summed E-state index contributed by atoms with van der Waals surface area (Å²) in [5.41, 5.74) is 3.01. The Bertz CT molecular complexity index is 730. The standard InChI is InChI=1S/C18H21N3O3/c1-20-8-7-11(9-20)12-3-2-4-13-14(12)10-21(18(13)24)15-5-6-16(22)19-17(15)23/h2-4,11,15H,5-10H2,1H3,(H,19,22,23). The Hall–Kier alpha value is -2.21. The Labute approximate surface area is 140 Å². The van der Waals surface area contributed by atoms with Crippen molar-refractivity contribution in [3.05, 3.63) is 34.9 Å². The van der Waals surface area contributed by atoms with E-state index in [9.17, 15) is 14.4 Å². The number of carbonyl (C=O) groups excluding carboxylic acids is 3. The number of fused-ring (bicyclic) bond motifs is 1. The van der Waals surface area contributed by atoms with E-state index in [2.05, 4.69) is 23.3 Å². The van der Waals surface area contributed by atoms with Crippen molar-refractivity contribution >= 4 is 17.7 Å². The van der Waals surface area contributed by atoms with Crippen LogP contribution in [0.3, 0.4) is 0 Å². The van der Waals surface area contributed by atoms with Crippen molar-refractivity contribution in [3.63, 3.8) is 0 Å². The maximum Gasteiger partial charge on any atom is 0.255 e. The van der Waals surface area contributed by atoms with E-state index in [-0.39, 0.29) is 24.1 Å². The number of benzene rings is 1. The molecular formula is C18H21N3O3. The topological polar surface area (TPSA) is 69.7 Å². The maximum absolute atomic E-state index is 12.8. The molecule has 2 saturated heterocycles. The molecule has 1 N–H and O–H groups in total. The second-order valence-corrected chi connectivity index (χ2v) is 7.02. The minimum absolute atomic E-state index is 0.0901. The molecule has 0 aliphatic carbocycles. The second kappa shape index (κ2) is 5.70. The zero-order valence-electron chi connectivity index (χ0n) is 13.7. The molecule has 3 aliphatic rings. The van der Waals surface area contributed by atoms with Crippen molar-refractivity contribution in [1.29, 1.82) is 0 Å². The van der Waals surface area contributed by atoms with Gasteiger partial charge in [0.05, 0.1) is 0 Å². The third-order valence-corrected chi connectivity index (χ3v) is 5.45. The molecule has 2 unspecified atom stereocenters. The summed E-state index contributed by atoms with van der Waals surface area (Å²) >= 11 is 0. The van der Waals surface area contributed by atoms with Gasteiger partial charge in [-0.2, -0.15) is 0 Å². The summed E-state index contributed by atoms with van der Waals surface area (Å²) < 4.78 is 0. The van der Waals surface area contributed by atoms with Crippen LogP contribution in [0.1, 0.15) is 46.7 Å². The normalized spacial score (nSPS) is 27.5. The molecule has 2 atom stereocenters. The number of likely N-dealkylation sites (N-methyl/N-ethyl adjacent to an activating group) is 1.